The first-order chi connectivity index (χ1) is 19.1. The molecule has 1 aliphatic rings. The lowest BCUT2D eigenvalue weighted by Gasteiger charge is -2.31. The maximum absolute atomic E-state index is 14.2. The third kappa shape index (κ3) is 4.42. The number of aryl methyl sites for hydroxylation is 3. The van der Waals surface area contributed by atoms with E-state index in [4.69, 9.17) is 5.10 Å². The van der Waals surface area contributed by atoms with E-state index in [0.29, 0.717) is 6.54 Å². The van der Waals surface area contributed by atoms with Crippen molar-refractivity contribution in [3.05, 3.63) is 131 Å². The molecule has 6 nitrogen and oxygen atoms in total. The first-order valence-electron chi connectivity index (χ1n) is 13.6. The molecule has 0 radical (unpaired) electrons. The van der Waals surface area contributed by atoms with Gasteiger partial charge in [-0.3, -0.25) is 0 Å². The Labute approximate surface area is 229 Å². The van der Waals surface area contributed by atoms with Gasteiger partial charge in [0.05, 0.1) is 29.7 Å². The van der Waals surface area contributed by atoms with Crippen LogP contribution >= 0.6 is 0 Å². The van der Waals surface area contributed by atoms with E-state index in [9.17, 15) is 4.79 Å². The summed E-state index contributed by atoms with van der Waals surface area (Å²) >= 11 is 0. The Morgan fingerprint density at radius 2 is 1.64 bits per heavy atom. The van der Waals surface area contributed by atoms with Crippen molar-refractivity contribution in [3.63, 3.8) is 0 Å². The molecule has 2 amide bonds. The Hall–Kier alpha value is -4.58. The smallest absolute Gasteiger partial charge is 0.308 e. The Morgan fingerprint density at radius 1 is 0.897 bits per heavy atom. The number of carbonyl (C=O) groups excluding carboxylic acids is 1. The fourth-order valence-electron chi connectivity index (χ4n) is 5.57. The highest BCUT2D eigenvalue weighted by atomic mass is 16.2. The number of para-hydroxylation sites is 2. The van der Waals surface area contributed by atoms with Crippen LogP contribution in [0.5, 0.6) is 0 Å². The molecular weight excluding hydrogens is 482 g/mol. The second-order valence-corrected chi connectivity index (χ2v) is 10.0. The molecule has 0 aliphatic carbocycles. The van der Waals surface area contributed by atoms with Gasteiger partial charge in [-0.2, -0.15) is 5.10 Å². The number of rotatable bonds is 5. The van der Waals surface area contributed by atoms with Gasteiger partial charge in [0.1, 0.15) is 5.82 Å². The Morgan fingerprint density at radius 3 is 2.38 bits per heavy atom. The van der Waals surface area contributed by atoms with Gasteiger partial charge in [0.2, 0.25) is 0 Å². The Kier molecular flexibility index (Phi) is 6.53. The average molecular weight is 516 g/mol. The maximum atomic E-state index is 14.2. The standard InChI is InChI=1S/C33H33N5O/c1-4-24-17-19-26(20-18-24)31-30-16-11-21-36(30)32-28(23(3)35-38(32)27-13-7-6-8-14-27)22-37(31)33(39)34-29-15-10-9-12-25(29)5-2/h6-21,31H,4-5,22H2,1-3H3,(H,34,39). The molecule has 6 rings (SSSR count). The number of anilines is 1. The predicted molar refractivity (Wildman–Crippen MR) is 156 cm³/mol. The van der Waals surface area contributed by atoms with Crippen molar-refractivity contribution in [2.24, 2.45) is 0 Å². The largest absolute Gasteiger partial charge is 0.322 e. The molecule has 196 valence electrons. The number of hydrogen-bond donors (Lipinski definition) is 1. The van der Waals surface area contributed by atoms with E-state index < -0.39 is 0 Å². The minimum atomic E-state index is -0.282. The zero-order valence-electron chi connectivity index (χ0n) is 22.6. The molecule has 3 heterocycles. The average Bonchev–Trinajstić information content (AvgIpc) is 3.54. The molecule has 0 saturated carbocycles. The lowest BCUT2D eigenvalue weighted by Crippen LogP contribution is -2.38. The summed E-state index contributed by atoms with van der Waals surface area (Å²) in [6, 6.07) is 30.6. The summed E-state index contributed by atoms with van der Waals surface area (Å²) in [4.78, 5) is 16.2. The van der Waals surface area contributed by atoms with Gasteiger partial charge in [-0.15, -0.1) is 0 Å². The van der Waals surface area contributed by atoms with E-state index in [1.807, 2.05) is 52.9 Å². The van der Waals surface area contributed by atoms with Crippen LogP contribution in [-0.2, 0) is 19.4 Å². The van der Waals surface area contributed by atoms with Gasteiger partial charge in [-0.05, 0) is 66.8 Å². The quantitative estimate of drug-likeness (QED) is 0.268. The van der Waals surface area contributed by atoms with Gasteiger partial charge in [0, 0.05) is 17.4 Å². The third-order valence-corrected chi connectivity index (χ3v) is 7.69. The molecule has 1 aliphatic heterocycles. The van der Waals surface area contributed by atoms with E-state index in [0.717, 1.165) is 58.1 Å². The van der Waals surface area contributed by atoms with E-state index in [2.05, 4.69) is 84.5 Å². The summed E-state index contributed by atoms with van der Waals surface area (Å²) in [5.41, 5.74) is 8.25. The van der Waals surface area contributed by atoms with Gasteiger partial charge < -0.3 is 14.8 Å². The molecule has 6 heteroatoms. The van der Waals surface area contributed by atoms with Gasteiger partial charge in [0.15, 0.2) is 0 Å². The summed E-state index contributed by atoms with van der Waals surface area (Å²) in [6.07, 6.45) is 3.89. The molecule has 5 aromatic rings. The molecule has 1 N–H and O–H groups in total. The summed E-state index contributed by atoms with van der Waals surface area (Å²) in [5, 5.41) is 8.19. The number of benzene rings is 3. The zero-order valence-corrected chi connectivity index (χ0v) is 22.6. The second kappa shape index (κ2) is 10.3. The van der Waals surface area contributed by atoms with Gasteiger partial charge in [-0.1, -0.05) is 74.5 Å². The van der Waals surface area contributed by atoms with Gasteiger partial charge in [-0.25, -0.2) is 9.48 Å². The van der Waals surface area contributed by atoms with Crippen molar-refractivity contribution >= 4 is 11.7 Å². The van der Waals surface area contributed by atoms with Crippen molar-refractivity contribution < 1.29 is 4.79 Å². The van der Waals surface area contributed by atoms with Gasteiger partial charge >= 0.3 is 6.03 Å². The number of nitrogens with zero attached hydrogens (tertiary/aromatic N) is 4. The maximum Gasteiger partial charge on any atom is 0.322 e. The van der Waals surface area contributed by atoms with Gasteiger partial charge in [0.25, 0.3) is 0 Å². The normalized spacial score (nSPS) is 14.4. The first-order valence-corrected chi connectivity index (χ1v) is 13.6. The summed E-state index contributed by atoms with van der Waals surface area (Å²) < 4.78 is 4.20. The monoisotopic (exact) mass is 515 g/mol. The highest BCUT2D eigenvalue weighted by molar-refractivity contribution is 5.91. The lowest BCUT2D eigenvalue weighted by molar-refractivity contribution is 0.194. The minimum absolute atomic E-state index is 0.132. The van der Waals surface area contributed by atoms with E-state index in [1.165, 1.54) is 5.56 Å². The predicted octanol–water partition coefficient (Wildman–Crippen LogP) is 7.23. The van der Waals surface area contributed by atoms with Crippen LogP contribution in [0.15, 0.2) is 97.2 Å². The fourth-order valence-corrected chi connectivity index (χ4v) is 5.57. The van der Waals surface area contributed by atoms with Crippen molar-refractivity contribution in [1.29, 1.82) is 0 Å². The molecule has 0 bridgehead atoms. The summed E-state index contributed by atoms with van der Waals surface area (Å²) in [6.45, 7) is 6.72. The minimum Gasteiger partial charge on any atom is -0.308 e. The van der Waals surface area contributed by atoms with Crippen LogP contribution in [0.3, 0.4) is 0 Å². The highest BCUT2D eigenvalue weighted by Crippen LogP contribution is 2.39. The highest BCUT2D eigenvalue weighted by Gasteiger charge is 2.36. The van der Waals surface area contributed by atoms with Crippen LogP contribution in [0, 0.1) is 6.92 Å². The molecular formula is C33H33N5O. The molecule has 1 unspecified atom stereocenters. The summed E-state index contributed by atoms with van der Waals surface area (Å²) in [7, 11) is 0. The SMILES string of the molecule is CCc1ccc(C2c3cccn3-c3c(c(C)nn3-c3ccccc3)CN2C(=O)Nc2ccccc2CC)cc1. The molecule has 2 aromatic heterocycles. The number of urea groups is 1. The molecule has 1 atom stereocenters. The Bertz CT molecular complexity index is 1610. The van der Waals surface area contributed by atoms with Crippen LogP contribution in [0.1, 0.15) is 53.5 Å². The van der Waals surface area contributed by atoms with Crippen molar-refractivity contribution in [2.75, 3.05) is 5.32 Å². The number of aromatic nitrogens is 3. The topological polar surface area (TPSA) is 55.1 Å². The number of amides is 2. The van der Waals surface area contributed by atoms with Crippen LogP contribution in [0.2, 0.25) is 0 Å². The number of fused-ring (bicyclic) bond motifs is 3. The number of carbonyl (C=O) groups is 1. The molecule has 0 spiro atoms. The Balaban J connectivity index is 1.53. The van der Waals surface area contributed by atoms with Crippen molar-refractivity contribution in [2.45, 2.75) is 46.2 Å². The van der Waals surface area contributed by atoms with Crippen molar-refractivity contribution in [1.82, 2.24) is 19.2 Å². The molecule has 3 aromatic carbocycles. The van der Waals surface area contributed by atoms with Crippen molar-refractivity contribution in [3.8, 4) is 11.5 Å². The van der Waals surface area contributed by atoms with E-state index >= 15 is 0 Å². The first kappa shape index (κ1) is 24.7. The molecule has 0 fully saturated rings. The second-order valence-electron chi connectivity index (χ2n) is 10.0. The number of nitrogens with one attached hydrogen (secondary N) is 1. The number of hydrogen-bond acceptors (Lipinski definition) is 2. The van der Waals surface area contributed by atoms with E-state index in [1.54, 1.807) is 0 Å². The lowest BCUT2D eigenvalue weighted by atomic mass is 9.99. The van der Waals surface area contributed by atoms with Crippen LogP contribution in [0.25, 0.3) is 11.5 Å². The van der Waals surface area contributed by atoms with E-state index in [-0.39, 0.29) is 12.1 Å². The third-order valence-electron chi connectivity index (χ3n) is 7.69. The molecule has 39 heavy (non-hydrogen) atoms. The summed E-state index contributed by atoms with van der Waals surface area (Å²) in [5.74, 6) is 0.970. The molecule has 0 saturated heterocycles. The van der Waals surface area contributed by atoms with Crippen LogP contribution < -0.4 is 5.32 Å². The fraction of sp³-hybridized carbons (Fsp3) is 0.212. The van der Waals surface area contributed by atoms with Crippen LogP contribution in [0.4, 0.5) is 10.5 Å². The van der Waals surface area contributed by atoms with Crippen LogP contribution in [-0.4, -0.2) is 25.3 Å². The zero-order chi connectivity index (χ0) is 26.9.